The number of aliphatic carboxylic acids is 1. The summed E-state index contributed by atoms with van der Waals surface area (Å²) in [6, 6.07) is -1.37. The van der Waals surface area contributed by atoms with Crippen molar-refractivity contribution < 1.29 is 24.2 Å². The molecule has 0 spiro atoms. The zero-order valence-electron chi connectivity index (χ0n) is 11.7. The minimum Gasteiger partial charge on any atom is -0.481 e. The molecule has 0 saturated carbocycles. The lowest BCUT2D eigenvalue weighted by molar-refractivity contribution is -0.143. The van der Waals surface area contributed by atoms with Crippen LogP contribution in [0.5, 0.6) is 0 Å². The second-order valence-corrected chi connectivity index (χ2v) is 4.76. The molecule has 0 fully saturated rings. The van der Waals surface area contributed by atoms with Crippen molar-refractivity contribution in [2.24, 2.45) is 11.8 Å². The van der Waals surface area contributed by atoms with E-state index in [0.717, 1.165) is 0 Å². The number of carboxylic acids is 1. The molecule has 0 rings (SSSR count). The molecule has 0 radical (unpaired) electrons. The number of esters is 1. The fourth-order valence-electron chi connectivity index (χ4n) is 1.54. The van der Waals surface area contributed by atoms with Gasteiger partial charge in [-0.2, -0.15) is 0 Å². The van der Waals surface area contributed by atoms with E-state index in [-0.39, 0.29) is 12.5 Å². The lowest BCUT2D eigenvalue weighted by Crippen LogP contribution is -2.46. The summed E-state index contributed by atoms with van der Waals surface area (Å²) in [6.07, 6.45) is 0.474. The molecular weight excluding hydrogens is 252 g/mol. The van der Waals surface area contributed by atoms with E-state index >= 15 is 0 Å². The van der Waals surface area contributed by atoms with Crippen LogP contribution in [0, 0.1) is 11.8 Å². The average Bonchev–Trinajstić information content (AvgIpc) is 2.32. The fraction of sp³-hybridized carbons (Fsp3) is 0.750. The van der Waals surface area contributed by atoms with E-state index in [0.29, 0.717) is 6.42 Å². The van der Waals surface area contributed by atoms with Crippen molar-refractivity contribution in [3.63, 3.8) is 0 Å². The summed E-state index contributed by atoms with van der Waals surface area (Å²) in [5.41, 5.74) is 0. The first kappa shape index (κ1) is 17.2. The smallest absolute Gasteiger partial charge is 0.328 e. The largest absolute Gasteiger partial charge is 0.481 e. The number of urea groups is 1. The standard InChI is InChI=1S/C12H22N2O5/c1-7(2)5-9(10(15)16)6-13-12(18)14-8(3)11(17)19-4/h7-9H,5-6H2,1-4H3,(H,15,16)(H2,13,14,18). The van der Waals surface area contributed by atoms with Crippen LogP contribution < -0.4 is 10.6 Å². The normalized spacial score (nSPS) is 13.5. The third kappa shape index (κ3) is 7.28. The number of nitrogens with one attached hydrogen (secondary N) is 2. The summed E-state index contributed by atoms with van der Waals surface area (Å²) in [5.74, 6) is -1.93. The van der Waals surface area contributed by atoms with Crippen molar-refractivity contribution in [3.05, 3.63) is 0 Å². The van der Waals surface area contributed by atoms with Crippen LogP contribution in [0.15, 0.2) is 0 Å². The lowest BCUT2D eigenvalue weighted by Gasteiger charge is -2.17. The van der Waals surface area contributed by atoms with Gasteiger partial charge >= 0.3 is 18.0 Å². The van der Waals surface area contributed by atoms with Gasteiger partial charge in [0.25, 0.3) is 0 Å². The van der Waals surface area contributed by atoms with Gasteiger partial charge in [0, 0.05) is 6.54 Å². The Balaban J connectivity index is 4.18. The Morgan fingerprint density at radius 3 is 2.21 bits per heavy atom. The quantitative estimate of drug-likeness (QED) is 0.589. The summed E-state index contributed by atoms with van der Waals surface area (Å²) >= 11 is 0. The Hall–Kier alpha value is -1.79. The van der Waals surface area contributed by atoms with Crippen LogP contribution in [0.25, 0.3) is 0 Å². The highest BCUT2D eigenvalue weighted by Crippen LogP contribution is 2.10. The van der Waals surface area contributed by atoms with E-state index in [4.69, 9.17) is 5.11 Å². The molecule has 7 nitrogen and oxygen atoms in total. The molecule has 2 unspecified atom stereocenters. The highest BCUT2D eigenvalue weighted by molar-refractivity contribution is 5.83. The van der Waals surface area contributed by atoms with Gasteiger partial charge in [-0.15, -0.1) is 0 Å². The van der Waals surface area contributed by atoms with Gasteiger partial charge in [0.1, 0.15) is 6.04 Å². The van der Waals surface area contributed by atoms with Gasteiger partial charge < -0.3 is 20.5 Å². The third-order valence-electron chi connectivity index (χ3n) is 2.52. The van der Waals surface area contributed by atoms with Crippen LogP contribution in [-0.4, -0.2) is 42.8 Å². The van der Waals surface area contributed by atoms with Gasteiger partial charge in [0.2, 0.25) is 0 Å². The predicted molar refractivity (Wildman–Crippen MR) is 68.6 cm³/mol. The number of carbonyl (C=O) groups is 3. The van der Waals surface area contributed by atoms with Crippen molar-refractivity contribution in [3.8, 4) is 0 Å². The van der Waals surface area contributed by atoms with Crippen LogP contribution in [-0.2, 0) is 14.3 Å². The van der Waals surface area contributed by atoms with E-state index in [9.17, 15) is 14.4 Å². The Labute approximate surface area is 112 Å². The zero-order chi connectivity index (χ0) is 15.0. The van der Waals surface area contributed by atoms with E-state index in [2.05, 4.69) is 15.4 Å². The zero-order valence-corrected chi connectivity index (χ0v) is 11.7. The van der Waals surface area contributed by atoms with Gasteiger partial charge in [0.15, 0.2) is 0 Å². The Bertz CT molecular complexity index is 330. The number of hydrogen-bond donors (Lipinski definition) is 3. The summed E-state index contributed by atoms with van der Waals surface area (Å²) in [4.78, 5) is 33.5. The first-order chi connectivity index (χ1) is 8.77. The van der Waals surface area contributed by atoms with Crippen LogP contribution in [0.1, 0.15) is 27.2 Å². The Kier molecular flexibility index (Phi) is 7.55. The van der Waals surface area contributed by atoms with Gasteiger partial charge in [-0.05, 0) is 19.3 Å². The maximum Gasteiger partial charge on any atom is 0.328 e. The van der Waals surface area contributed by atoms with E-state index in [1.807, 2.05) is 13.8 Å². The van der Waals surface area contributed by atoms with Gasteiger partial charge in [-0.1, -0.05) is 13.8 Å². The van der Waals surface area contributed by atoms with Crippen molar-refractivity contribution >= 4 is 18.0 Å². The second kappa shape index (κ2) is 8.34. The van der Waals surface area contributed by atoms with Crippen molar-refractivity contribution in [1.82, 2.24) is 10.6 Å². The number of rotatable bonds is 7. The van der Waals surface area contributed by atoms with Crippen molar-refractivity contribution in [1.29, 1.82) is 0 Å². The molecule has 7 heteroatoms. The minimum absolute atomic E-state index is 0.0211. The van der Waals surface area contributed by atoms with E-state index < -0.39 is 29.9 Å². The summed E-state index contributed by atoms with van der Waals surface area (Å²) < 4.78 is 4.45. The van der Waals surface area contributed by atoms with Gasteiger partial charge in [-0.25, -0.2) is 9.59 Å². The predicted octanol–water partition coefficient (Wildman–Crippen LogP) is 0.594. The molecule has 19 heavy (non-hydrogen) atoms. The molecule has 2 atom stereocenters. The number of amides is 2. The summed E-state index contributed by atoms with van der Waals surface area (Å²) in [7, 11) is 1.22. The topological polar surface area (TPSA) is 105 Å². The molecule has 0 aliphatic carbocycles. The second-order valence-electron chi connectivity index (χ2n) is 4.76. The fourth-order valence-corrected chi connectivity index (χ4v) is 1.54. The third-order valence-corrected chi connectivity index (χ3v) is 2.52. The molecule has 0 aliphatic rings. The molecule has 0 aromatic carbocycles. The number of ether oxygens (including phenoxy) is 1. The van der Waals surface area contributed by atoms with Crippen LogP contribution in [0.2, 0.25) is 0 Å². The van der Waals surface area contributed by atoms with Crippen molar-refractivity contribution in [2.75, 3.05) is 13.7 Å². The molecule has 0 aromatic rings. The Morgan fingerprint density at radius 1 is 1.21 bits per heavy atom. The molecule has 0 saturated heterocycles. The molecule has 0 heterocycles. The monoisotopic (exact) mass is 274 g/mol. The SMILES string of the molecule is COC(=O)C(C)NC(=O)NCC(CC(C)C)C(=O)O. The highest BCUT2D eigenvalue weighted by atomic mass is 16.5. The number of methoxy groups -OCH3 is 1. The molecule has 2 amide bonds. The van der Waals surface area contributed by atoms with E-state index in [1.165, 1.54) is 14.0 Å². The number of carbonyl (C=O) groups excluding carboxylic acids is 2. The first-order valence-electron chi connectivity index (χ1n) is 6.12. The van der Waals surface area contributed by atoms with Gasteiger partial charge in [0.05, 0.1) is 13.0 Å². The van der Waals surface area contributed by atoms with Crippen LogP contribution in [0.3, 0.4) is 0 Å². The maximum atomic E-state index is 11.5. The number of hydrogen-bond acceptors (Lipinski definition) is 4. The molecule has 0 aromatic heterocycles. The highest BCUT2D eigenvalue weighted by Gasteiger charge is 2.21. The molecule has 0 aliphatic heterocycles. The van der Waals surface area contributed by atoms with E-state index in [1.54, 1.807) is 0 Å². The van der Waals surface area contributed by atoms with Crippen molar-refractivity contribution in [2.45, 2.75) is 33.2 Å². The summed E-state index contributed by atoms with van der Waals surface area (Å²) in [6.45, 7) is 5.33. The minimum atomic E-state index is -0.949. The van der Waals surface area contributed by atoms with Crippen LogP contribution in [0.4, 0.5) is 4.79 Å². The average molecular weight is 274 g/mol. The molecule has 3 N–H and O–H groups in total. The Morgan fingerprint density at radius 2 is 1.79 bits per heavy atom. The molecular formula is C12H22N2O5. The molecule has 110 valence electrons. The lowest BCUT2D eigenvalue weighted by atomic mass is 9.97. The van der Waals surface area contributed by atoms with Gasteiger partial charge in [-0.3, -0.25) is 4.79 Å². The molecule has 0 bridgehead atoms. The first-order valence-corrected chi connectivity index (χ1v) is 6.12. The number of carboxylic acid groups (broad SMARTS) is 1. The summed E-state index contributed by atoms with van der Waals surface area (Å²) in [5, 5.41) is 13.8. The maximum absolute atomic E-state index is 11.5. The van der Waals surface area contributed by atoms with Crippen LogP contribution >= 0.6 is 0 Å².